The Morgan fingerprint density at radius 3 is 2.79 bits per heavy atom. The summed E-state index contributed by atoms with van der Waals surface area (Å²) in [5.41, 5.74) is 7.61. The number of rotatable bonds is 2. The van der Waals surface area contributed by atoms with E-state index in [9.17, 15) is 0 Å². The van der Waals surface area contributed by atoms with Crippen LogP contribution in [0.15, 0.2) is 30.6 Å². The van der Waals surface area contributed by atoms with Gasteiger partial charge in [-0.25, -0.2) is 4.98 Å². The molecule has 0 aliphatic carbocycles. The van der Waals surface area contributed by atoms with E-state index < -0.39 is 0 Å². The van der Waals surface area contributed by atoms with Crippen molar-refractivity contribution in [3.05, 3.63) is 41.9 Å². The van der Waals surface area contributed by atoms with E-state index in [1.165, 1.54) is 0 Å². The van der Waals surface area contributed by atoms with Gasteiger partial charge in [-0.2, -0.15) is 5.10 Å². The van der Waals surface area contributed by atoms with Crippen molar-refractivity contribution in [2.24, 2.45) is 0 Å². The van der Waals surface area contributed by atoms with Gasteiger partial charge in [0.15, 0.2) is 0 Å². The highest BCUT2D eigenvalue weighted by Crippen LogP contribution is 2.03. The monoisotopic (exact) mass is 188 g/mol. The molecule has 0 bridgehead atoms. The van der Waals surface area contributed by atoms with Crippen LogP contribution in [0.3, 0.4) is 0 Å². The number of hydrogen-bond acceptors (Lipinski definition) is 3. The molecule has 2 rings (SSSR count). The van der Waals surface area contributed by atoms with E-state index in [0.29, 0.717) is 5.82 Å². The lowest BCUT2D eigenvalue weighted by atomic mass is 10.3. The summed E-state index contributed by atoms with van der Waals surface area (Å²) in [6.07, 6.45) is 3.72. The van der Waals surface area contributed by atoms with Crippen molar-refractivity contribution < 1.29 is 0 Å². The molecule has 2 aromatic heterocycles. The number of nitrogens with zero attached hydrogens (tertiary/aromatic N) is 3. The van der Waals surface area contributed by atoms with Crippen LogP contribution in [0, 0.1) is 6.92 Å². The van der Waals surface area contributed by atoms with Crippen LogP contribution in [0.2, 0.25) is 0 Å². The Morgan fingerprint density at radius 1 is 1.36 bits per heavy atom. The highest BCUT2D eigenvalue weighted by molar-refractivity contribution is 5.29. The first-order valence-corrected chi connectivity index (χ1v) is 4.44. The second-order valence-corrected chi connectivity index (χ2v) is 3.25. The summed E-state index contributed by atoms with van der Waals surface area (Å²) < 4.78 is 1.88. The maximum Gasteiger partial charge on any atom is 0.123 e. The Morgan fingerprint density at radius 2 is 2.21 bits per heavy atom. The molecule has 0 unspecified atom stereocenters. The highest BCUT2D eigenvalue weighted by atomic mass is 15.3. The fraction of sp³-hybridized carbons (Fsp3) is 0.200. The van der Waals surface area contributed by atoms with E-state index in [1.807, 2.05) is 29.9 Å². The van der Waals surface area contributed by atoms with E-state index in [2.05, 4.69) is 10.1 Å². The Hall–Kier alpha value is -1.84. The molecule has 0 aromatic carbocycles. The summed E-state index contributed by atoms with van der Waals surface area (Å²) in [5.74, 6) is 0.547. The molecule has 2 N–H and O–H groups in total. The van der Waals surface area contributed by atoms with Gasteiger partial charge < -0.3 is 5.73 Å². The van der Waals surface area contributed by atoms with Gasteiger partial charge >= 0.3 is 0 Å². The molecule has 0 atom stereocenters. The molecular formula is C10H12N4. The molecule has 0 saturated heterocycles. The number of aryl methyl sites for hydroxylation is 1. The Bertz CT molecular complexity index is 416. The maximum atomic E-state index is 5.49. The van der Waals surface area contributed by atoms with Crippen LogP contribution in [0.5, 0.6) is 0 Å². The standard InChI is InChI=1S/C10H12N4/c1-8-4-5-14(13-8)7-9-2-3-10(11)12-6-9/h2-6H,7H2,1H3,(H2,11,12). The summed E-state index contributed by atoms with van der Waals surface area (Å²) in [7, 11) is 0. The number of nitrogen functional groups attached to an aromatic ring is 1. The molecule has 0 aliphatic heterocycles. The molecule has 0 spiro atoms. The van der Waals surface area contributed by atoms with Crippen LogP contribution < -0.4 is 5.73 Å². The lowest BCUT2D eigenvalue weighted by Crippen LogP contribution is -2.01. The number of hydrogen-bond donors (Lipinski definition) is 1. The van der Waals surface area contributed by atoms with Gasteiger partial charge in [0.25, 0.3) is 0 Å². The van der Waals surface area contributed by atoms with Crippen molar-refractivity contribution in [2.75, 3.05) is 5.73 Å². The van der Waals surface area contributed by atoms with Gasteiger partial charge in [0.2, 0.25) is 0 Å². The average Bonchev–Trinajstić information content (AvgIpc) is 2.56. The normalized spacial score (nSPS) is 10.4. The third-order valence-electron chi connectivity index (χ3n) is 1.97. The van der Waals surface area contributed by atoms with E-state index in [4.69, 9.17) is 5.73 Å². The first-order valence-electron chi connectivity index (χ1n) is 4.44. The van der Waals surface area contributed by atoms with E-state index in [1.54, 1.807) is 12.3 Å². The van der Waals surface area contributed by atoms with E-state index in [0.717, 1.165) is 17.8 Å². The minimum atomic E-state index is 0.547. The molecule has 0 aliphatic rings. The Kier molecular flexibility index (Phi) is 2.18. The SMILES string of the molecule is Cc1ccn(Cc2ccc(N)nc2)n1. The smallest absolute Gasteiger partial charge is 0.123 e. The molecule has 2 heterocycles. The lowest BCUT2D eigenvalue weighted by Gasteiger charge is -2.01. The second kappa shape index (κ2) is 3.49. The molecule has 0 amide bonds. The average molecular weight is 188 g/mol. The van der Waals surface area contributed by atoms with Gasteiger partial charge in [-0.05, 0) is 24.6 Å². The van der Waals surface area contributed by atoms with Gasteiger partial charge in [-0.15, -0.1) is 0 Å². The molecule has 0 radical (unpaired) electrons. The predicted molar refractivity (Wildman–Crippen MR) is 54.7 cm³/mol. The number of aromatic nitrogens is 3. The van der Waals surface area contributed by atoms with Crippen LogP contribution in [0.1, 0.15) is 11.3 Å². The summed E-state index contributed by atoms with van der Waals surface area (Å²) >= 11 is 0. The molecule has 14 heavy (non-hydrogen) atoms. The summed E-state index contributed by atoms with van der Waals surface area (Å²) in [6.45, 7) is 2.71. The van der Waals surface area contributed by atoms with Gasteiger partial charge in [0.1, 0.15) is 5.82 Å². The minimum absolute atomic E-state index is 0.547. The largest absolute Gasteiger partial charge is 0.384 e. The zero-order valence-corrected chi connectivity index (χ0v) is 8.01. The molecular weight excluding hydrogens is 176 g/mol. The minimum Gasteiger partial charge on any atom is -0.384 e. The van der Waals surface area contributed by atoms with Gasteiger partial charge in [-0.3, -0.25) is 4.68 Å². The van der Waals surface area contributed by atoms with E-state index >= 15 is 0 Å². The fourth-order valence-electron chi connectivity index (χ4n) is 1.27. The van der Waals surface area contributed by atoms with Crippen LogP contribution in [-0.4, -0.2) is 14.8 Å². The zero-order valence-electron chi connectivity index (χ0n) is 8.01. The van der Waals surface area contributed by atoms with Gasteiger partial charge in [0, 0.05) is 12.4 Å². The topological polar surface area (TPSA) is 56.7 Å². The maximum absolute atomic E-state index is 5.49. The third kappa shape index (κ3) is 1.90. The molecule has 72 valence electrons. The van der Waals surface area contributed by atoms with Gasteiger partial charge in [-0.1, -0.05) is 6.07 Å². The number of anilines is 1. The van der Waals surface area contributed by atoms with Crippen molar-refractivity contribution in [2.45, 2.75) is 13.5 Å². The first-order chi connectivity index (χ1) is 6.74. The molecule has 4 nitrogen and oxygen atoms in total. The molecule has 0 fully saturated rings. The van der Waals surface area contributed by atoms with Crippen molar-refractivity contribution in [1.29, 1.82) is 0 Å². The lowest BCUT2D eigenvalue weighted by molar-refractivity contribution is 0.678. The summed E-state index contributed by atoms with van der Waals surface area (Å²) in [5, 5.41) is 4.29. The van der Waals surface area contributed by atoms with Crippen molar-refractivity contribution in [1.82, 2.24) is 14.8 Å². The number of nitrogens with two attached hydrogens (primary N) is 1. The Balaban J connectivity index is 2.15. The molecule has 0 saturated carbocycles. The quantitative estimate of drug-likeness (QED) is 0.770. The summed E-state index contributed by atoms with van der Waals surface area (Å²) in [6, 6.07) is 5.73. The van der Waals surface area contributed by atoms with E-state index in [-0.39, 0.29) is 0 Å². The molecule has 2 aromatic rings. The van der Waals surface area contributed by atoms with Crippen LogP contribution in [-0.2, 0) is 6.54 Å². The van der Waals surface area contributed by atoms with Crippen LogP contribution in [0.4, 0.5) is 5.82 Å². The summed E-state index contributed by atoms with van der Waals surface area (Å²) in [4.78, 5) is 4.02. The zero-order chi connectivity index (χ0) is 9.97. The van der Waals surface area contributed by atoms with Crippen LogP contribution in [0.25, 0.3) is 0 Å². The Labute approximate surface area is 82.4 Å². The van der Waals surface area contributed by atoms with Gasteiger partial charge in [0.05, 0.1) is 12.2 Å². The van der Waals surface area contributed by atoms with Crippen molar-refractivity contribution >= 4 is 5.82 Å². The highest BCUT2D eigenvalue weighted by Gasteiger charge is 1.96. The van der Waals surface area contributed by atoms with Crippen LogP contribution >= 0.6 is 0 Å². The van der Waals surface area contributed by atoms with Crippen molar-refractivity contribution in [3.63, 3.8) is 0 Å². The van der Waals surface area contributed by atoms with Crippen molar-refractivity contribution in [3.8, 4) is 0 Å². The second-order valence-electron chi connectivity index (χ2n) is 3.25. The third-order valence-corrected chi connectivity index (χ3v) is 1.97. The number of pyridine rings is 1. The fourth-order valence-corrected chi connectivity index (χ4v) is 1.27. The first kappa shape index (κ1) is 8.74. The predicted octanol–water partition coefficient (Wildman–Crippen LogP) is 1.22. The molecule has 4 heteroatoms.